The number of hydrogen-bond acceptors (Lipinski definition) is 5. The van der Waals surface area contributed by atoms with Crippen LogP contribution in [0.2, 0.25) is 0 Å². The highest BCUT2D eigenvalue weighted by molar-refractivity contribution is 7.22. The Balaban J connectivity index is 1.07. The maximum Gasteiger partial charge on any atom is 0.223 e. The number of nitrogens with zero attached hydrogens (tertiary/aromatic N) is 3. The summed E-state index contributed by atoms with van der Waals surface area (Å²) >= 11 is 1.75. The predicted octanol–water partition coefficient (Wildman–Crippen LogP) is 4.29. The van der Waals surface area contributed by atoms with Gasteiger partial charge in [-0.3, -0.25) is 9.69 Å². The number of fused-ring (bicyclic) bond motifs is 1. The molecule has 3 aromatic rings. The molecule has 0 unspecified atom stereocenters. The largest absolute Gasteiger partial charge is 0.353 e. The molecule has 3 heterocycles. The molecular formula is C25H30N4OS. The number of benzene rings is 2. The van der Waals surface area contributed by atoms with Gasteiger partial charge in [-0.05, 0) is 43.4 Å². The Kier molecular flexibility index (Phi) is 6.18. The number of carbonyl (C=O) groups excluding carboxylic acids is 1. The normalized spacial score (nSPS) is 19.0. The maximum atomic E-state index is 12.9. The standard InChI is InChI=1S/C25H30N4OS/c30-24(26-21-12-14-28(15-13-21)18-19-6-2-1-3-7-19)20-10-16-29(17-11-20)25-27-22-8-4-5-9-23(22)31-25/h1-9,20-21H,10-18H2,(H,26,30). The lowest BCUT2D eigenvalue weighted by Crippen LogP contribution is -2.48. The number of piperidine rings is 2. The summed E-state index contributed by atoms with van der Waals surface area (Å²) in [5.74, 6) is 0.387. The topological polar surface area (TPSA) is 48.5 Å². The van der Waals surface area contributed by atoms with Crippen molar-refractivity contribution in [1.82, 2.24) is 15.2 Å². The van der Waals surface area contributed by atoms with Crippen molar-refractivity contribution in [2.75, 3.05) is 31.1 Å². The number of hydrogen-bond donors (Lipinski definition) is 1. The summed E-state index contributed by atoms with van der Waals surface area (Å²) < 4.78 is 1.23. The summed E-state index contributed by atoms with van der Waals surface area (Å²) in [7, 11) is 0. The Bertz CT molecular complexity index is 972. The van der Waals surface area contributed by atoms with E-state index in [4.69, 9.17) is 4.98 Å². The van der Waals surface area contributed by atoms with Crippen molar-refractivity contribution in [2.45, 2.75) is 38.3 Å². The molecule has 0 bridgehead atoms. The van der Waals surface area contributed by atoms with Gasteiger partial charge in [0.15, 0.2) is 5.13 Å². The summed E-state index contributed by atoms with van der Waals surface area (Å²) in [4.78, 5) is 22.5. The van der Waals surface area contributed by atoms with Gasteiger partial charge in [0.05, 0.1) is 10.2 Å². The van der Waals surface area contributed by atoms with E-state index in [1.165, 1.54) is 10.3 Å². The number of anilines is 1. The molecule has 1 aromatic heterocycles. The first-order valence-corrected chi connectivity index (χ1v) is 12.2. The van der Waals surface area contributed by atoms with E-state index in [-0.39, 0.29) is 11.8 Å². The molecule has 6 heteroatoms. The maximum absolute atomic E-state index is 12.9. The fourth-order valence-corrected chi connectivity index (χ4v) is 5.74. The quantitative estimate of drug-likeness (QED) is 0.651. The second-order valence-corrected chi connectivity index (χ2v) is 9.78. The number of aromatic nitrogens is 1. The number of amides is 1. The second-order valence-electron chi connectivity index (χ2n) is 8.77. The highest BCUT2D eigenvalue weighted by atomic mass is 32.1. The molecule has 2 aliphatic rings. The number of thiazole rings is 1. The molecular weight excluding hydrogens is 404 g/mol. The molecule has 2 aromatic carbocycles. The zero-order chi connectivity index (χ0) is 21.0. The summed E-state index contributed by atoms with van der Waals surface area (Å²) in [5, 5.41) is 4.44. The minimum atomic E-state index is 0.132. The minimum absolute atomic E-state index is 0.132. The van der Waals surface area contributed by atoms with Gasteiger partial charge >= 0.3 is 0 Å². The predicted molar refractivity (Wildman–Crippen MR) is 127 cm³/mol. The Morgan fingerprint density at radius 2 is 1.65 bits per heavy atom. The van der Waals surface area contributed by atoms with Crippen molar-refractivity contribution in [1.29, 1.82) is 0 Å². The van der Waals surface area contributed by atoms with Gasteiger partial charge in [-0.1, -0.05) is 53.8 Å². The molecule has 1 amide bonds. The molecule has 31 heavy (non-hydrogen) atoms. The van der Waals surface area contributed by atoms with Gasteiger partial charge in [0, 0.05) is 44.7 Å². The first kappa shape index (κ1) is 20.5. The first-order chi connectivity index (χ1) is 15.2. The van der Waals surface area contributed by atoms with Crippen LogP contribution < -0.4 is 10.2 Å². The Hall–Kier alpha value is -2.44. The van der Waals surface area contributed by atoms with Crippen LogP contribution in [0.15, 0.2) is 54.6 Å². The molecule has 1 N–H and O–H groups in total. The molecule has 5 rings (SSSR count). The van der Waals surface area contributed by atoms with Crippen molar-refractivity contribution in [3.8, 4) is 0 Å². The molecule has 162 valence electrons. The lowest BCUT2D eigenvalue weighted by atomic mass is 9.95. The van der Waals surface area contributed by atoms with Crippen LogP contribution >= 0.6 is 11.3 Å². The molecule has 0 radical (unpaired) electrons. The van der Waals surface area contributed by atoms with Crippen molar-refractivity contribution >= 4 is 32.6 Å². The summed E-state index contributed by atoms with van der Waals surface area (Å²) in [6.45, 7) is 4.93. The van der Waals surface area contributed by atoms with Crippen LogP contribution in [-0.4, -0.2) is 48.0 Å². The van der Waals surface area contributed by atoms with E-state index in [9.17, 15) is 4.79 Å². The summed E-state index contributed by atoms with van der Waals surface area (Å²) in [5.41, 5.74) is 2.44. The van der Waals surface area contributed by atoms with Crippen molar-refractivity contribution < 1.29 is 4.79 Å². The van der Waals surface area contributed by atoms with E-state index in [2.05, 4.69) is 63.6 Å². The average Bonchev–Trinajstić information content (AvgIpc) is 3.25. The van der Waals surface area contributed by atoms with Crippen molar-refractivity contribution in [2.24, 2.45) is 5.92 Å². The van der Waals surface area contributed by atoms with Crippen LogP contribution in [0.4, 0.5) is 5.13 Å². The van der Waals surface area contributed by atoms with E-state index < -0.39 is 0 Å². The van der Waals surface area contributed by atoms with Gasteiger partial charge in [0.25, 0.3) is 0 Å². The third kappa shape index (κ3) is 4.91. The number of para-hydroxylation sites is 1. The zero-order valence-corrected chi connectivity index (χ0v) is 18.7. The van der Waals surface area contributed by atoms with E-state index >= 15 is 0 Å². The van der Waals surface area contributed by atoms with Gasteiger partial charge in [-0.2, -0.15) is 0 Å². The Labute approximate surface area is 188 Å². The van der Waals surface area contributed by atoms with Gasteiger partial charge in [-0.15, -0.1) is 0 Å². The fraction of sp³-hybridized carbons (Fsp3) is 0.440. The fourth-order valence-electron chi connectivity index (χ4n) is 4.72. The zero-order valence-electron chi connectivity index (χ0n) is 17.9. The highest BCUT2D eigenvalue weighted by Crippen LogP contribution is 2.31. The number of carbonyl (C=O) groups is 1. The molecule has 0 saturated carbocycles. The number of rotatable bonds is 5. The van der Waals surface area contributed by atoms with Gasteiger partial charge in [-0.25, -0.2) is 4.98 Å². The Morgan fingerprint density at radius 3 is 2.39 bits per heavy atom. The molecule has 0 aliphatic carbocycles. The molecule has 2 fully saturated rings. The first-order valence-electron chi connectivity index (χ1n) is 11.4. The molecule has 2 aliphatic heterocycles. The van der Waals surface area contributed by atoms with E-state index in [0.29, 0.717) is 6.04 Å². The molecule has 2 saturated heterocycles. The van der Waals surface area contributed by atoms with E-state index in [0.717, 1.165) is 69.1 Å². The van der Waals surface area contributed by atoms with Crippen LogP contribution in [0.1, 0.15) is 31.2 Å². The van der Waals surface area contributed by atoms with Gasteiger partial charge in [0.2, 0.25) is 5.91 Å². The summed E-state index contributed by atoms with van der Waals surface area (Å²) in [6.07, 6.45) is 3.91. The van der Waals surface area contributed by atoms with Crippen molar-refractivity contribution in [3.63, 3.8) is 0 Å². The number of likely N-dealkylation sites (tertiary alicyclic amines) is 1. The third-order valence-corrected chi connectivity index (χ3v) is 7.70. The van der Waals surface area contributed by atoms with Crippen LogP contribution in [0.25, 0.3) is 10.2 Å². The van der Waals surface area contributed by atoms with Gasteiger partial charge in [0.1, 0.15) is 0 Å². The minimum Gasteiger partial charge on any atom is -0.353 e. The SMILES string of the molecule is O=C(NC1CCN(Cc2ccccc2)CC1)C1CCN(c2nc3ccccc3s2)CC1. The number of nitrogens with one attached hydrogen (secondary N) is 1. The highest BCUT2D eigenvalue weighted by Gasteiger charge is 2.29. The lowest BCUT2D eigenvalue weighted by Gasteiger charge is -2.35. The monoisotopic (exact) mass is 434 g/mol. The molecule has 0 atom stereocenters. The van der Waals surface area contributed by atoms with Gasteiger partial charge < -0.3 is 10.2 Å². The smallest absolute Gasteiger partial charge is 0.223 e. The lowest BCUT2D eigenvalue weighted by molar-refractivity contribution is -0.126. The Morgan fingerprint density at radius 1 is 0.935 bits per heavy atom. The van der Waals surface area contributed by atoms with E-state index in [1.54, 1.807) is 11.3 Å². The average molecular weight is 435 g/mol. The third-order valence-electron chi connectivity index (χ3n) is 6.60. The van der Waals surface area contributed by atoms with Crippen LogP contribution in [0.3, 0.4) is 0 Å². The van der Waals surface area contributed by atoms with Crippen molar-refractivity contribution in [3.05, 3.63) is 60.2 Å². The second kappa shape index (κ2) is 9.37. The molecule has 0 spiro atoms. The van der Waals surface area contributed by atoms with Crippen LogP contribution in [-0.2, 0) is 11.3 Å². The van der Waals surface area contributed by atoms with E-state index in [1.807, 2.05) is 6.07 Å². The summed E-state index contributed by atoms with van der Waals surface area (Å²) in [6, 6.07) is 19.3. The van der Waals surface area contributed by atoms with Crippen LogP contribution in [0.5, 0.6) is 0 Å². The van der Waals surface area contributed by atoms with Crippen LogP contribution in [0, 0.1) is 5.92 Å². The molecule has 5 nitrogen and oxygen atoms in total.